The second-order valence-corrected chi connectivity index (χ2v) is 5.59. The summed E-state index contributed by atoms with van der Waals surface area (Å²) in [7, 11) is 0. The van der Waals surface area contributed by atoms with Gasteiger partial charge < -0.3 is 10.5 Å². The molecule has 1 saturated heterocycles. The number of rotatable bonds is 3. The van der Waals surface area contributed by atoms with Crippen LogP contribution in [0, 0.1) is 11.8 Å². The monoisotopic (exact) mass is 264 g/mol. The van der Waals surface area contributed by atoms with Crippen LogP contribution < -0.4 is 5.73 Å². The van der Waals surface area contributed by atoms with Crippen molar-refractivity contribution in [2.75, 3.05) is 6.61 Å². The second-order valence-electron chi connectivity index (χ2n) is 5.59. The Bertz CT molecular complexity index is 406. The van der Waals surface area contributed by atoms with Gasteiger partial charge in [-0.25, -0.2) is 0 Å². The summed E-state index contributed by atoms with van der Waals surface area (Å²) >= 11 is 0. The Morgan fingerprint density at radius 2 is 1.84 bits per heavy atom. The highest BCUT2D eigenvalue weighted by molar-refractivity contribution is 6.06. The molecule has 0 spiro atoms. The zero-order chi connectivity index (χ0) is 13.6. The summed E-state index contributed by atoms with van der Waals surface area (Å²) in [5.41, 5.74) is 6.00. The molecule has 5 heteroatoms. The van der Waals surface area contributed by atoms with Crippen LogP contribution in [0.25, 0.3) is 0 Å². The van der Waals surface area contributed by atoms with Gasteiger partial charge in [0, 0.05) is 12.6 Å². The molecule has 3 unspecified atom stereocenters. The molecule has 2 aliphatic carbocycles. The van der Waals surface area contributed by atoms with Crippen LogP contribution >= 0.6 is 0 Å². The summed E-state index contributed by atoms with van der Waals surface area (Å²) in [4.78, 5) is 26.3. The number of allylic oxidation sites excluding steroid dienone is 2. The third-order valence-corrected chi connectivity index (χ3v) is 4.54. The number of carbonyl (C=O) groups is 2. The van der Waals surface area contributed by atoms with Gasteiger partial charge in [-0.2, -0.15) is 0 Å². The van der Waals surface area contributed by atoms with Crippen LogP contribution in [0.3, 0.4) is 0 Å². The van der Waals surface area contributed by atoms with Crippen LogP contribution in [0.15, 0.2) is 12.2 Å². The van der Waals surface area contributed by atoms with E-state index in [2.05, 4.69) is 0 Å². The van der Waals surface area contributed by atoms with Gasteiger partial charge in [0.1, 0.15) is 0 Å². The molecule has 19 heavy (non-hydrogen) atoms. The van der Waals surface area contributed by atoms with Crippen molar-refractivity contribution < 1.29 is 14.3 Å². The molecule has 1 aliphatic heterocycles. The van der Waals surface area contributed by atoms with Gasteiger partial charge in [0.05, 0.1) is 24.0 Å². The third-order valence-electron chi connectivity index (χ3n) is 4.54. The van der Waals surface area contributed by atoms with E-state index in [0.29, 0.717) is 19.4 Å². The first-order valence-corrected chi connectivity index (χ1v) is 7.04. The molecule has 0 radical (unpaired) electrons. The topological polar surface area (TPSA) is 72.6 Å². The van der Waals surface area contributed by atoms with E-state index >= 15 is 0 Å². The van der Waals surface area contributed by atoms with Crippen molar-refractivity contribution in [3.8, 4) is 0 Å². The van der Waals surface area contributed by atoms with Crippen molar-refractivity contribution in [2.45, 2.75) is 44.4 Å². The minimum absolute atomic E-state index is 0.0517. The first kappa shape index (κ1) is 12.8. The lowest BCUT2D eigenvalue weighted by atomic mass is 9.82. The molecule has 0 aromatic heterocycles. The third kappa shape index (κ3) is 1.83. The SMILES string of the molecule is CCOC1CC(N)C1N1C(=O)[C@H]2CC=CC[C@H]2C1=O. The molecule has 0 aromatic rings. The molecule has 0 bridgehead atoms. The normalized spacial score (nSPS) is 41.4. The van der Waals surface area contributed by atoms with Crippen LogP contribution in [0.1, 0.15) is 26.2 Å². The average molecular weight is 264 g/mol. The molecule has 3 rings (SSSR count). The Morgan fingerprint density at radius 1 is 1.26 bits per heavy atom. The fraction of sp³-hybridized carbons (Fsp3) is 0.714. The van der Waals surface area contributed by atoms with E-state index < -0.39 is 0 Å². The van der Waals surface area contributed by atoms with Crippen molar-refractivity contribution in [1.82, 2.24) is 4.90 Å². The van der Waals surface area contributed by atoms with E-state index in [9.17, 15) is 9.59 Å². The number of amides is 2. The molecular formula is C14H20N2O3. The first-order valence-electron chi connectivity index (χ1n) is 7.04. The molecule has 1 heterocycles. The van der Waals surface area contributed by atoms with Gasteiger partial charge in [-0.3, -0.25) is 14.5 Å². The number of nitrogens with two attached hydrogens (primary N) is 1. The van der Waals surface area contributed by atoms with Gasteiger partial charge in [0.2, 0.25) is 11.8 Å². The number of hydrogen-bond donors (Lipinski definition) is 1. The van der Waals surface area contributed by atoms with Crippen molar-refractivity contribution >= 4 is 11.8 Å². The van der Waals surface area contributed by atoms with Crippen molar-refractivity contribution in [1.29, 1.82) is 0 Å². The Balaban J connectivity index is 1.81. The number of imide groups is 1. The number of nitrogens with zero attached hydrogens (tertiary/aromatic N) is 1. The average Bonchev–Trinajstić information content (AvgIpc) is 2.65. The van der Waals surface area contributed by atoms with Gasteiger partial charge in [-0.05, 0) is 26.2 Å². The largest absolute Gasteiger partial charge is 0.376 e. The predicted octanol–water partition coefficient (Wildman–Crippen LogP) is 0.442. The summed E-state index contributed by atoms with van der Waals surface area (Å²) in [5, 5.41) is 0. The number of ether oxygens (including phenoxy) is 1. The maximum absolute atomic E-state index is 12.4. The van der Waals surface area contributed by atoms with E-state index in [1.807, 2.05) is 19.1 Å². The van der Waals surface area contributed by atoms with E-state index in [-0.39, 0.29) is 41.8 Å². The molecule has 2 amide bonds. The highest BCUT2D eigenvalue weighted by Gasteiger charge is 2.55. The summed E-state index contributed by atoms with van der Waals surface area (Å²) in [6.07, 6.45) is 5.98. The fourth-order valence-electron chi connectivity index (χ4n) is 3.49. The minimum atomic E-state index is -0.259. The van der Waals surface area contributed by atoms with E-state index in [0.717, 1.165) is 6.42 Å². The minimum Gasteiger partial charge on any atom is -0.376 e. The Morgan fingerprint density at radius 3 is 2.32 bits per heavy atom. The molecule has 5 atom stereocenters. The number of carbonyl (C=O) groups excluding carboxylic acids is 2. The standard InChI is InChI=1S/C14H20N2O3/c1-2-19-11-7-10(15)12(11)16-13(17)8-5-3-4-6-9(8)14(16)18/h3-4,8-12H,2,5-7,15H2,1H3/t8-,9+,10?,11?,12?. The van der Waals surface area contributed by atoms with Gasteiger partial charge in [-0.15, -0.1) is 0 Å². The summed E-state index contributed by atoms with van der Waals surface area (Å²) in [5.74, 6) is -0.450. The van der Waals surface area contributed by atoms with Gasteiger partial charge in [0.25, 0.3) is 0 Å². The van der Waals surface area contributed by atoms with E-state index in [4.69, 9.17) is 10.5 Å². The number of likely N-dealkylation sites (tertiary alicyclic amines) is 1. The molecule has 1 saturated carbocycles. The van der Waals surface area contributed by atoms with Gasteiger partial charge in [0.15, 0.2) is 0 Å². The van der Waals surface area contributed by atoms with Crippen molar-refractivity contribution in [3.05, 3.63) is 12.2 Å². The second kappa shape index (κ2) is 4.72. The van der Waals surface area contributed by atoms with Crippen molar-refractivity contribution in [2.24, 2.45) is 17.6 Å². The highest BCUT2D eigenvalue weighted by atomic mass is 16.5. The van der Waals surface area contributed by atoms with Crippen molar-refractivity contribution in [3.63, 3.8) is 0 Å². The Kier molecular flexibility index (Phi) is 3.19. The number of fused-ring (bicyclic) bond motifs is 1. The lowest BCUT2D eigenvalue weighted by Gasteiger charge is -2.46. The fourth-order valence-corrected chi connectivity index (χ4v) is 3.49. The maximum Gasteiger partial charge on any atom is 0.233 e. The van der Waals surface area contributed by atoms with Crippen LogP contribution in [-0.2, 0) is 14.3 Å². The maximum atomic E-state index is 12.4. The zero-order valence-corrected chi connectivity index (χ0v) is 11.1. The Labute approximate surface area is 112 Å². The van der Waals surface area contributed by atoms with Gasteiger partial charge in [-0.1, -0.05) is 12.2 Å². The molecule has 5 nitrogen and oxygen atoms in total. The Hall–Kier alpha value is -1.20. The smallest absolute Gasteiger partial charge is 0.233 e. The molecular weight excluding hydrogens is 244 g/mol. The molecule has 3 aliphatic rings. The quantitative estimate of drug-likeness (QED) is 0.593. The van der Waals surface area contributed by atoms with E-state index in [1.165, 1.54) is 4.90 Å². The first-order chi connectivity index (χ1) is 9.15. The lowest BCUT2D eigenvalue weighted by molar-refractivity contribution is -0.154. The number of hydrogen-bond acceptors (Lipinski definition) is 4. The highest BCUT2D eigenvalue weighted by Crippen LogP contribution is 2.40. The molecule has 104 valence electrons. The van der Waals surface area contributed by atoms with E-state index in [1.54, 1.807) is 0 Å². The summed E-state index contributed by atoms with van der Waals surface area (Å²) < 4.78 is 5.58. The van der Waals surface area contributed by atoms with Crippen LogP contribution in [0.5, 0.6) is 0 Å². The lowest BCUT2D eigenvalue weighted by Crippen LogP contribution is -2.66. The molecule has 2 fully saturated rings. The van der Waals surface area contributed by atoms with Crippen LogP contribution in [0.4, 0.5) is 0 Å². The summed E-state index contributed by atoms with van der Waals surface area (Å²) in [6, 6.07) is -0.400. The predicted molar refractivity (Wildman–Crippen MR) is 69.0 cm³/mol. The van der Waals surface area contributed by atoms with Gasteiger partial charge >= 0.3 is 0 Å². The van der Waals surface area contributed by atoms with Crippen LogP contribution in [0.2, 0.25) is 0 Å². The summed E-state index contributed by atoms with van der Waals surface area (Å²) in [6.45, 7) is 2.50. The molecule has 0 aromatic carbocycles. The van der Waals surface area contributed by atoms with Crippen LogP contribution in [-0.4, -0.2) is 41.5 Å². The molecule has 2 N–H and O–H groups in total. The zero-order valence-electron chi connectivity index (χ0n) is 11.1.